The summed E-state index contributed by atoms with van der Waals surface area (Å²) in [5, 5.41) is 0. The van der Waals surface area contributed by atoms with Crippen LogP contribution in [0.15, 0.2) is 76.0 Å². The maximum Gasteiger partial charge on any atom is 0.271 e. The van der Waals surface area contributed by atoms with Gasteiger partial charge in [0.15, 0.2) is 16.3 Å². The molecule has 39 heavy (non-hydrogen) atoms. The van der Waals surface area contributed by atoms with E-state index in [0.717, 1.165) is 40.8 Å². The molecule has 0 bridgehead atoms. The Balaban J connectivity index is 1.62. The van der Waals surface area contributed by atoms with Crippen LogP contribution in [-0.4, -0.2) is 33.0 Å². The smallest absolute Gasteiger partial charge is 0.271 e. The fraction of sp³-hybridized carbons (Fsp3) is 0.226. The van der Waals surface area contributed by atoms with Crippen LogP contribution in [0.4, 0.5) is 0 Å². The second kappa shape index (κ2) is 10.1. The van der Waals surface area contributed by atoms with Crippen LogP contribution in [0.25, 0.3) is 11.8 Å². The Hall–Kier alpha value is -4.30. The second-order valence-corrected chi connectivity index (χ2v) is 10.3. The number of benzene rings is 3. The van der Waals surface area contributed by atoms with E-state index in [4.69, 9.17) is 23.9 Å². The van der Waals surface area contributed by atoms with Crippen molar-refractivity contribution in [2.75, 3.05) is 28.4 Å². The van der Waals surface area contributed by atoms with Crippen molar-refractivity contribution in [3.8, 4) is 23.0 Å². The molecule has 0 fully saturated rings. The monoisotopic (exact) mass is 540 g/mol. The molecule has 198 valence electrons. The highest BCUT2D eigenvalue weighted by atomic mass is 32.1. The number of thiazole rings is 1. The number of aromatic nitrogens is 1. The van der Waals surface area contributed by atoms with Crippen LogP contribution < -0.4 is 33.8 Å². The van der Waals surface area contributed by atoms with Gasteiger partial charge in [-0.2, -0.15) is 0 Å². The highest BCUT2D eigenvalue weighted by molar-refractivity contribution is 7.07. The van der Waals surface area contributed by atoms with Gasteiger partial charge in [-0.25, -0.2) is 4.99 Å². The molecule has 0 amide bonds. The van der Waals surface area contributed by atoms with Crippen molar-refractivity contribution in [2.45, 2.75) is 18.9 Å². The van der Waals surface area contributed by atoms with Crippen molar-refractivity contribution in [2.24, 2.45) is 4.99 Å². The molecular formula is C31H28N2O5S. The van der Waals surface area contributed by atoms with Crippen LogP contribution in [0.3, 0.4) is 0 Å². The average Bonchev–Trinajstić information content (AvgIpc) is 3.29. The van der Waals surface area contributed by atoms with Crippen molar-refractivity contribution in [1.82, 2.24) is 4.57 Å². The number of hydrogen-bond donors (Lipinski definition) is 0. The molecule has 1 aromatic heterocycles. The number of allylic oxidation sites excluding steroid dienone is 1. The molecule has 0 saturated carbocycles. The number of hydrogen-bond acceptors (Lipinski definition) is 7. The molecule has 0 saturated heterocycles. The van der Waals surface area contributed by atoms with Crippen LogP contribution in [0, 0.1) is 0 Å². The summed E-state index contributed by atoms with van der Waals surface area (Å²) in [6, 6.07) is 19.3. The fourth-order valence-electron chi connectivity index (χ4n) is 5.45. The molecule has 1 aliphatic heterocycles. The van der Waals surface area contributed by atoms with E-state index < -0.39 is 0 Å². The van der Waals surface area contributed by atoms with E-state index in [1.165, 1.54) is 16.9 Å². The first kappa shape index (κ1) is 25.0. The van der Waals surface area contributed by atoms with E-state index >= 15 is 0 Å². The Bertz CT molecular complexity index is 1800. The molecule has 4 aromatic rings. The summed E-state index contributed by atoms with van der Waals surface area (Å²) in [4.78, 5) is 19.8. The Kier molecular flexibility index (Phi) is 6.48. The third-order valence-corrected chi connectivity index (χ3v) is 8.29. The normalized spacial score (nSPS) is 16.1. The lowest BCUT2D eigenvalue weighted by Gasteiger charge is -2.31. The first-order chi connectivity index (χ1) is 19.1. The zero-order valence-corrected chi connectivity index (χ0v) is 23.0. The zero-order chi connectivity index (χ0) is 27.1. The molecule has 1 unspecified atom stereocenters. The van der Waals surface area contributed by atoms with Gasteiger partial charge in [0.05, 0.1) is 44.7 Å². The summed E-state index contributed by atoms with van der Waals surface area (Å²) >= 11 is 1.38. The summed E-state index contributed by atoms with van der Waals surface area (Å²) in [7, 11) is 6.49. The number of rotatable bonds is 6. The molecule has 6 rings (SSSR count). The molecule has 2 aliphatic rings. The number of aryl methyl sites for hydroxylation is 1. The highest BCUT2D eigenvalue weighted by Crippen LogP contribution is 2.44. The predicted molar refractivity (Wildman–Crippen MR) is 152 cm³/mol. The maximum atomic E-state index is 14.1. The third-order valence-electron chi connectivity index (χ3n) is 7.31. The largest absolute Gasteiger partial charge is 0.497 e. The van der Waals surface area contributed by atoms with Crippen molar-refractivity contribution in [1.29, 1.82) is 0 Å². The molecule has 0 spiro atoms. The minimum Gasteiger partial charge on any atom is -0.497 e. The summed E-state index contributed by atoms with van der Waals surface area (Å²) < 4.78 is 24.6. The average molecular weight is 541 g/mol. The Morgan fingerprint density at radius 2 is 1.64 bits per heavy atom. The van der Waals surface area contributed by atoms with Crippen molar-refractivity contribution in [3.63, 3.8) is 0 Å². The SMILES string of the molecule is COc1ccc(OC)c(C2C3=C(N=c4sc(=Cc5ccc(OC)c(OC)c5)c(=O)n42)c2ccccc2CC3)c1. The van der Waals surface area contributed by atoms with Crippen LogP contribution in [-0.2, 0) is 6.42 Å². The molecule has 8 heteroatoms. The van der Waals surface area contributed by atoms with Gasteiger partial charge in [-0.05, 0) is 65.9 Å². The van der Waals surface area contributed by atoms with Crippen molar-refractivity contribution >= 4 is 23.1 Å². The number of methoxy groups -OCH3 is 4. The van der Waals surface area contributed by atoms with Gasteiger partial charge in [0.2, 0.25) is 0 Å². The minimum atomic E-state index is -0.373. The van der Waals surface area contributed by atoms with Crippen LogP contribution in [0.2, 0.25) is 0 Å². The van der Waals surface area contributed by atoms with E-state index in [1.807, 2.05) is 48.5 Å². The first-order valence-corrected chi connectivity index (χ1v) is 13.4. The predicted octanol–water partition coefficient (Wildman–Crippen LogP) is 4.35. The molecule has 3 aromatic carbocycles. The summed E-state index contributed by atoms with van der Waals surface area (Å²) in [5.74, 6) is 2.63. The molecule has 2 heterocycles. The number of nitrogens with zero attached hydrogens (tertiary/aromatic N) is 2. The van der Waals surface area contributed by atoms with Gasteiger partial charge < -0.3 is 18.9 Å². The maximum absolute atomic E-state index is 14.1. The Labute approximate surface area is 229 Å². The minimum absolute atomic E-state index is 0.103. The van der Waals surface area contributed by atoms with E-state index in [2.05, 4.69) is 18.2 Å². The van der Waals surface area contributed by atoms with E-state index in [9.17, 15) is 4.79 Å². The van der Waals surface area contributed by atoms with Crippen LogP contribution in [0.5, 0.6) is 23.0 Å². The molecule has 7 nitrogen and oxygen atoms in total. The van der Waals surface area contributed by atoms with Crippen molar-refractivity contribution < 1.29 is 18.9 Å². The van der Waals surface area contributed by atoms with E-state index in [0.29, 0.717) is 32.3 Å². The first-order valence-electron chi connectivity index (χ1n) is 12.6. The highest BCUT2D eigenvalue weighted by Gasteiger charge is 2.34. The lowest BCUT2D eigenvalue weighted by Crippen LogP contribution is -2.39. The summed E-state index contributed by atoms with van der Waals surface area (Å²) in [5.41, 5.74) is 6.02. The quantitative estimate of drug-likeness (QED) is 0.364. The second-order valence-electron chi connectivity index (χ2n) is 9.34. The summed E-state index contributed by atoms with van der Waals surface area (Å²) in [6.07, 6.45) is 3.55. The lowest BCUT2D eigenvalue weighted by molar-refractivity contribution is 0.355. The van der Waals surface area contributed by atoms with Gasteiger partial charge in [-0.1, -0.05) is 41.7 Å². The van der Waals surface area contributed by atoms with Crippen molar-refractivity contribution in [3.05, 3.63) is 108 Å². The van der Waals surface area contributed by atoms with Crippen LogP contribution in [0.1, 0.15) is 34.7 Å². The molecule has 1 aliphatic carbocycles. The van der Waals surface area contributed by atoms with Crippen LogP contribution >= 0.6 is 11.3 Å². The molecule has 1 atom stereocenters. The van der Waals surface area contributed by atoms with Gasteiger partial charge >= 0.3 is 0 Å². The topological polar surface area (TPSA) is 71.3 Å². The van der Waals surface area contributed by atoms with Gasteiger partial charge in [-0.15, -0.1) is 0 Å². The van der Waals surface area contributed by atoms with Gasteiger partial charge in [0, 0.05) is 11.1 Å². The fourth-order valence-corrected chi connectivity index (χ4v) is 6.45. The zero-order valence-electron chi connectivity index (χ0n) is 22.2. The standard InChI is InChI=1S/C31H28N2O5S/c1-35-20-11-14-24(36-2)23(17-20)29-22-12-10-19-7-5-6-8-21(19)28(22)32-31-33(29)30(34)27(39-31)16-18-9-13-25(37-3)26(15-18)38-4/h5-9,11,13-17,29H,10,12H2,1-4H3. The van der Waals surface area contributed by atoms with E-state index in [-0.39, 0.29) is 11.6 Å². The Morgan fingerprint density at radius 1 is 0.872 bits per heavy atom. The van der Waals surface area contributed by atoms with E-state index in [1.54, 1.807) is 33.0 Å². The third kappa shape index (κ3) is 4.21. The molecule has 0 N–H and O–H groups in total. The van der Waals surface area contributed by atoms with Gasteiger partial charge in [-0.3, -0.25) is 9.36 Å². The molecular weight excluding hydrogens is 512 g/mol. The number of fused-ring (bicyclic) bond motifs is 3. The van der Waals surface area contributed by atoms with Gasteiger partial charge in [0.25, 0.3) is 5.56 Å². The van der Waals surface area contributed by atoms with Gasteiger partial charge in [0.1, 0.15) is 11.5 Å². The molecule has 0 radical (unpaired) electrons. The lowest BCUT2D eigenvalue weighted by atomic mass is 9.83. The Morgan fingerprint density at radius 3 is 2.41 bits per heavy atom. The summed E-state index contributed by atoms with van der Waals surface area (Å²) in [6.45, 7) is 0. The number of ether oxygens (including phenoxy) is 4.